The van der Waals surface area contributed by atoms with E-state index in [1.54, 1.807) is 22.7 Å². The smallest absolute Gasteiger partial charge is 0.0686 e. The maximum Gasteiger partial charge on any atom is 0.0686 e. The van der Waals surface area contributed by atoms with Gasteiger partial charge in [-0.05, 0) is 46.9 Å². The predicted octanol–water partition coefficient (Wildman–Crippen LogP) is 5.52. The largest absolute Gasteiger partial charge is 0.137 e. The Labute approximate surface area is 124 Å². The summed E-state index contributed by atoms with van der Waals surface area (Å²) < 4.78 is 2.73. The van der Waals surface area contributed by atoms with Crippen molar-refractivity contribution in [1.82, 2.24) is 0 Å². The minimum absolute atomic E-state index is 0.684. The van der Waals surface area contributed by atoms with Crippen LogP contribution in [0.2, 0.25) is 0 Å². The third kappa shape index (κ3) is 3.65. The van der Waals surface area contributed by atoms with Gasteiger partial charge in [0.2, 0.25) is 0 Å². The highest BCUT2D eigenvalue weighted by Gasteiger charge is 2.10. The average Bonchev–Trinajstić information content (AvgIpc) is 2.92. The van der Waals surface area contributed by atoms with E-state index in [2.05, 4.69) is 22.9 Å². The maximum absolute atomic E-state index is 5.81. The number of hydrogen-bond donors (Lipinski definition) is 0. The number of halogens is 2. The Hall–Kier alpha value is 0.330. The topological polar surface area (TPSA) is 0 Å². The van der Waals surface area contributed by atoms with Crippen molar-refractivity contribution in [3.8, 4) is 0 Å². The Bertz CT molecular complexity index is 420. The summed E-state index contributed by atoms with van der Waals surface area (Å²) >= 11 is 17.1. The van der Waals surface area contributed by atoms with Crippen molar-refractivity contribution < 1.29 is 0 Å². The molecule has 0 N–H and O–H groups in total. The Balaban J connectivity index is 2.13. The van der Waals surface area contributed by atoms with Crippen LogP contribution in [-0.4, -0.2) is 11.8 Å². The van der Waals surface area contributed by atoms with Gasteiger partial charge >= 0.3 is 0 Å². The van der Waals surface area contributed by atoms with Gasteiger partial charge in [-0.15, -0.1) is 45.9 Å². The molecule has 0 atom stereocenters. The fourth-order valence-electron chi connectivity index (χ4n) is 1.48. The van der Waals surface area contributed by atoms with Crippen molar-refractivity contribution >= 4 is 57.6 Å². The Morgan fingerprint density at radius 1 is 0.882 bits per heavy atom. The van der Waals surface area contributed by atoms with E-state index in [0.717, 1.165) is 12.8 Å². The Morgan fingerprint density at radius 3 is 1.76 bits per heavy atom. The first-order valence-corrected chi connectivity index (χ1v) is 8.92. The quantitative estimate of drug-likeness (QED) is 0.630. The summed E-state index contributed by atoms with van der Waals surface area (Å²) in [5.41, 5.74) is 2.72. The molecule has 0 aliphatic rings. The molecule has 0 aliphatic heterocycles. The van der Waals surface area contributed by atoms with Crippen LogP contribution in [0.15, 0.2) is 31.3 Å². The fraction of sp³-hybridized carbons (Fsp3) is 0.333. The van der Waals surface area contributed by atoms with Gasteiger partial charge in [0, 0.05) is 11.8 Å². The van der Waals surface area contributed by atoms with E-state index in [9.17, 15) is 0 Å². The van der Waals surface area contributed by atoms with E-state index < -0.39 is 0 Å². The zero-order valence-electron chi connectivity index (χ0n) is 9.12. The number of aryl methyl sites for hydroxylation is 2. The van der Waals surface area contributed by atoms with Gasteiger partial charge < -0.3 is 0 Å². The van der Waals surface area contributed by atoms with Gasteiger partial charge in [0.25, 0.3) is 0 Å². The van der Waals surface area contributed by atoms with Crippen molar-refractivity contribution in [3.05, 3.63) is 34.0 Å². The molecule has 0 spiro atoms. The lowest BCUT2D eigenvalue weighted by molar-refractivity contribution is 1.11. The standard InChI is InChI=1S/C12H12Cl2S3/c13-5-1-9-3-7-15-11(9)17-12-10(2-6-14)4-8-16-12/h3-4,7-8H,1-2,5-6H2. The number of alkyl halides is 2. The molecule has 0 aromatic carbocycles. The van der Waals surface area contributed by atoms with E-state index in [-0.39, 0.29) is 0 Å². The molecular weight excluding hydrogens is 311 g/mol. The van der Waals surface area contributed by atoms with Crippen molar-refractivity contribution in [1.29, 1.82) is 0 Å². The highest BCUT2D eigenvalue weighted by atomic mass is 35.5. The van der Waals surface area contributed by atoms with Gasteiger partial charge in [-0.3, -0.25) is 0 Å². The van der Waals surface area contributed by atoms with E-state index >= 15 is 0 Å². The number of hydrogen-bond acceptors (Lipinski definition) is 3. The number of thiophene rings is 2. The van der Waals surface area contributed by atoms with Crippen molar-refractivity contribution in [3.63, 3.8) is 0 Å². The van der Waals surface area contributed by atoms with Crippen LogP contribution in [0.3, 0.4) is 0 Å². The molecule has 0 unspecified atom stereocenters. The zero-order valence-corrected chi connectivity index (χ0v) is 13.1. The molecule has 0 saturated carbocycles. The van der Waals surface area contributed by atoms with Crippen molar-refractivity contribution in [2.45, 2.75) is 21.3 Å². The van der Waals surface area contributed by atoms with E-state index in [1.807, 2.05) is 11.8 Å². The normalized spacial score (nSPS) is 10.9. The minimum atomic E-state index is 0.684. The molecule has 5 heteroatoms. The molecule has 0 fully saturated rings. The highest BCUT2D eigenvalue weighted by Crippen LogP contribution is 2.39. The van der Waals surface area contributed by atoms with E-state index in [0.29, 0.717) is 11.8 Å². The molecule has 0 amide bonds. The van der Waals surface area contributed by atoms with Crippen molar-refractivity contribution in [2.75, 3.05) is 11.8 Å². The predicted molar refractivity (Wildman–Crippen MR) is 81.6 cm³/mol. The second-order valence-corrected chi connectivity index (χ2v) is 7.57. The first-order valence-electron chi connectivity index (χ1n) is 5.27. The Kier molecular flexibility index (Phi) is 5.70. The molecule has 2 aromatic rings. The first kappa shape index (κ1) is 13.8. The Morgan fingerprint density at radius 2 is 1.35 bits per heavy atom. The monoisotopic (exact) mass is 322 g/mol. The molecule has 0 aliphatic carbocycles. The van der Waals surface area contributed by atoms with Crippen molar-refractivity contribution in [2.24, 2.45) is 0 Å². The lowest BCUT2D eigenvalue weighted by Crippen LogP contribution is -1.86. The summed E-state index contributed by atoms with van der Waals surface area (Å²) in [6, 6.07) is 4.34. The molecule has 0 nitrogen and oxygen atoms in total. The van der Waals surface area contributed by atoms with E-state index in [4.69, 9.17) is 23.2 Å². The van der Waals surface area contributed by atoms with Crippen LogP contribution in [0.1, 0.15) is 11.1 Å². The van der Waals surface area contributed by atoms with Crippen LogP contribution in [0, 0.1) is 0 Å². The van der Waals surface area contributed by atoms with Gasteiger partial charge in [-0.1, -0.05) is 11.8 Å². The SMILES string of the molecule is ClCCc1ccsc1Sc1sccc1CCCl. The van der Waals surface area contributed by atoms with Crippen LogP contribution in [0.5, 0.6) is 0 Å². The molecule has 0 saturated heterocycles. The van der Waals surface area contributed by atoms with Crippen LogP contribution in [0.25, 0.3) is 0 Å². The molecular formula is C12H12Cl2S3. The maximum atomic E-state index is 5.81. The summed E-state index contributed by atoms with van der Waals surface area (Å²) in [5.74, 6) is 1.37. The summed E-state index contributed by atoms with van der Waals surface area (Å²) in [6.45, 7) is 0. The molecule has 0 bridgehead atoms. The molecule has 92 valence electrons. The van der Waals surface area contributed by atoms with Gasteiger partial charge in [-0.25, -0.2) is 0 Å². The zero-order chi connectivity index (χ0) is 12.1. The van der Waals surface area contributed by atoms with Crippen LogP contribution in [-0.2, 0) is 12.8 Å². The van der Waals surface area contributed by atoms with Crippen LogP contribution in [0.4, 0.5) is 0 Å². The van der Waals surface area contributed by atoms with Gasteiger partial charge in [0.1, 0.15) is 0 Å². The second kappa shape index (κ2) is 7.05. The van der Waals surface area contributed by atoms with Gasteiger partial charge in [0.05, 0.1) is 8.42 Å². The lowest BCUT2D eigenvalue weighted by Gasteiger charge is -2.02. The highest BCUT2D eigenvalue weighted by molar-refractivity contribution is 8.03. The summed E-state index contributed by atoms with van der Waals surface area (Å²) in [7, 11) is 0. The van der Waals surface area contributed by atoms with Crippen LogP contribution >= 0.6 is 57.6 Å². The first-order chi connectivity index (χ1) is 8.35. The van der Waals surface area contributed by atoms with E-state index in [1.165, 1.54) is 19.5 Å². The minimum Gasteiger partial charge on any atom is -0.137 e. The van der Waals surface area contributed by atoms with Crippen LogP contribution < -0.4 is 0 Å². The molecule has 17 heavy (non-hydrogen) atoms. The second-order valence-electron chi connectivity index (χ2n) is 3.45. The fourth-order valence-corrected chi connectivity index (χ4v) is 5.39. The van der Waals surface area contributed by atoms with Gasteiger partial charge in [-0.2, -0.15) is 0 Å². The molecule has 0 radical (unpaired) electrons. The number of rotatable bonds is 6. The lowest BCUT2D eigenvalue weighted by atomic mass is 10.3. The third-order valence-electron chi connectivity index (χ3n) is 2.33. The summed E-state index contributed by atoms with van der Waals surface area (Å²) in [4.78, 5) is 0. The molecule has 2 aromatic heterocycles. The summed E-state index contributed by atoms with van der Waals surface area (Å²) in [6.07, 6.45) is 1.90. The molecule has 2 heterocycles. The summed E-state index contributed by atoms with van der Waals surface area (Å²) in [5, 5.41) is 4.28. The third-order valence-corrected chi connectivity index (χ3v) is 6.17. The molecule has 2 rings (SSSR count). The van der Waals surface area contributed by atoms with Gasteiger partial charge in [0.15, 0.2) is 0 Å². The average molecular weight is 323 g/mol.